The van der Waals surface area contributed by atoms with Crippen molar-refractivity contribution in [2.45, 2.75) is 24.9 Å². The minimum atomic E-state index is -1.31. The van der Waals surface area contributed by atoms with Crippen LogP contribution in [0.15, 0.2) is 34.9 Å². The maximum atomic E-state index is 12.8. The topological polar surface area (TPSA) is 102 Å². The van der Waals surface area contributed by atoms with E-state index in [4.69, 9.17) is 9.26 Å². The average Bonchev–Trinajstić information content (AvgIpc) is 3.29. The number of carbonyl (C=O) groups excluding carboxylic acids is 1. The zero-order chi connectivity index (χ0) is 17.1. The van der Waals surface area contributed by atoms with Crippen molar-refractivity contribution in [3.63, 3.8) is 0 Å². The van der Waals surface area contributed by atoms with Crippen LogP contribution in [0.4, 0.5) is 4.39 Å². The number of benzene rings is 1. The van der Waals surface area contributed by atoms with Crippen molar-refractivity contribution < 1.29 is 28.3 Å². The molecule has 2 N–H and O–H groups in total. The Balaban J connectivity index is 1.57. The number of amides is 1. The van der Waals surface area contributed by atoms with Crippen molar-refractivity contribution >= 4 is 11.9 Å². The van der Waals surface area contributed by atoms with E-state index >= 15 is 0 Å². The van der Waals surface area contributed by atoms with Crippen LogP contribution in [0, 0.1) is 5.82 Å². The molecule has 0 aliphatic heterocycles. The van der Waals surface area contributed by atoms with Gasteiger partial charge in [0.2, 0.25) is 6.10 Å². The number of carboxylic acids is 1. The molecule has 3 rings (SSSR count). The third-order valence-corrected chi connectivity index (χ3v) is 3.56. The van der Waals surface area contributed by atoms with Gasteiger partial charge in [0.15, 0.2) is 5.69 Å². The summed E-state index contributed by atoms with van der Waals surface area (Å²) in [5, 5.41) is 15.3. The van der Waals surface area contributed by atoms with Gasteiger partial charge in [-0.3, -0.25) is 4.79 Å². The fourth-order valence-corrected chi connectivity index (χ4v) is 2.09. The zero-order valence-corrected chi connectivity index (χ0v) is 12.6. The van der Waals surface area contributed by atoms with E-state index in [2.05, 4.69) is 10.5 Å². The molecule has 0 saturated heterocycles. The number of carbonyl (C=O) groups is 2. The van der Waals surface area contributed by atoms with Gasteiger partial charge in [0.05, 0.1) is 6.54 Å². The molecule has 1 heterocycles. The number of nitrogens with one attached hydrogen (secondary N) is 1. The molecule has 1 aromatic heterocycles. The quantitative estimate of drug-likeness (QED) is 0.802. The minimum Gasteiger partial charge on any atom is -0.478 e. The van der Waals surface area contributed by atoms with Crippen LogP contribution in [-0.2, 0) is 4.79 Å². The maximum absolute atomic E-state index is 12.8. The van der Waals surface area contributed by atoms with Gasteiger partial charge in [0.25, 0.3) is 5.91 Å². The van der Waals surface area contributed by atoms with E-state index in [9.17, 15) is 19.1 Å². The van der Waals surface area contributed by atoms with Crippen LogP contribution >= 0.6 is 0 Å². The SMILES string of the molecule is O=C(NCC(Oc1ccc(F)cc1)C(=O)O)c1cc(C2CC2)on1. The highest BCUT2D eigenvalue weighted by Gasteiger charge is 2.29. The van der Waals surface area contributed by atoms with Crippen molar-refractivity contribution in [3.8, 4) is 5.75 Å². The summed E-state index contributed by atoms with van der Waals surface area (Å²) in [6.07, 6.45) is 0.723. The fourth-order valence-electron chi connectivity index (χ4n) is 2.09. The monoisotopic (exact) mass is 334 g/mol. The number of ether oxygens (including phenoxy) is 1. The van der Waals surface area contributed by atoms with Gasteiger partial charge < -0.3 is 19.7 Å². The smallest absolute Gasteiger partial charge is 0.346 e. The van der Waals surface area contributed by atoms with Crippen LogP contribution in [0.5, 0.6) is 5.75 Å². The molecule has 126 valence electrons. The van der Waals surface area contributed by atoms with Crippen molar-refractivity contribution in [3.05, 3.63) is 47.6 Å². The lowest BCUT2D eigenvalue weighted by molar-refractivity contribution is -0.144. The standard InChI is InChI=1S/C16H15FN2O5/c17-10-3-5-11(6-4-10)23-14(16(21)22)8-18-15(20)12-7-13(24-19-12)9-1-2-9/h3-7,9,14H,1-2,8H2,(H,18,20)(H,21,22). The summed E-state index contributed by atoms with van der Waals surface area (Å²) in [7, 11) is 0. The minimum absolute atomic E-state index is 0.0998. The summed E-state index contributed by atoms with van der Waals surface area (Å²) in [6, 6.07) is 6.49. The molecular weight excluding hydrogens is 319 g/mol. The van der Waals surface area contributed by atoms with Gasteiger partial charge in [-0.15, -0.1) is 0 Å². The lowest BCUT2D eigenvalue weighted by Gasteiger charge is -2.15. The van der Waals surface area contributed by atoms with Crippen LogP contribution in [-0.4, -0.2) is 34.8 Å². The molecule has 0 bridgehead atoms. The number of halogens is 1. The molecule has 1 saturated carbocycles. The molecule has 24 heavy (non-hydrogen) atoms. The highest BCUT2D eigenvalue weighted by molar-refractivity contribution is 5.92. The number of aliphatic carboxylic acids is 1. The average molecular weight is 334 g/mol. The normalized spacial score (nSPS) is 14.9. The Kier molecular flexibility index (Phi) is 4.45. The van der Waals surface area contributed by atoms with E-state index < -0.39 is 23.8 Å². The summed E-state index contributed by atoms with van der Waals surface area (Å²) in [6.45, 7) is -0.267. The predicted octanol–water partition coefficient (Wildman–Crippen LogP) is 1.95. The summed E-state index contributed by atoms with van der Waals surface area (Å²) in [5.74, 6) is -1.07. The van der Waals surface area contributed by atoms with Gasteiger partial charge in [-0.1, -0.05) is 5.16 Å². The van der Waals surface area contributed by atoms with E-state index in [-0.39, 0.29) is 18.0 Å². The summed E-state index contributed by atoms with van der Waals surface area (Å²) < 4.78 is 23.2. The molecular formula is C16H15FN2O5. The van der Waals surface area contributed by atoms with Crippen molar-refractivity contribution in [1.29, 1.82) is 0 Å². The lowest BCUT2D eigenvalue weighted by Crippen LogP contribution is -2.40. The first kappa shape index (κ1) is 16.0. The van der Waals surface area contributed by atoms with E-state index in [1.54, 1.807) is 6.07 Å². The Hall–Kier alpha value is -2.90. The van der Waals surface area contributed by atoms with E-state index in [1.807, 2.05) is 0 Å². The Bertz CT molecular complexity index is 739. The Morgan fingerprint density at radius 3 is 2.71 bits per heavy atom. The number of nitrogens with zero attached hydrogens (tertiary/aromatic N) is 1. The third kappa shape index (κ3) is 3.89. The highest BCUT2D eigenvalue weighted by Crippen LogP contribution is 2.40. The number of aromatic nitrogens is 1. The molecule has 0 spiro atoms. The Labute approximate surface area is 136 Å². The first-order valence-electron chi connectivity index (χ1n) is 7.43. The third-order valence-electron chi connectivity index (χ3n) is 3.56. The molecule has 1 aromatic carbocycles. The fraction of sp³-hybridized carbons (Fsp3) is 0.312. The molecule has 0 radical (unpaired) electrons. The van der Waals surface area contributed by atoms with Gasteiger partial charge in [0, 0.05) is 12.0 Å². The van der Waals surface area contributed by atoms with E-state index in [1.165, 1.54) is 12.1 Å². The van der Waals surface area contributed by atoms with Gasteiger partial charge in [-0.05, 0) is 37.1 Å². The van der Waals surface area contributed by atoms with Crippen molar-refractivity contribution in [1.82, 2.24) is 10.5 Å². The van der Waals surface area contributed by atoms with Crippen LogP contribution in [0.25, 0.3) is 0 Å². The zero-order valence-electron chi connectivity index (χ0n) is 12.6. The summed E-state index contributed by atoms with van der Waals surface area (Å²) in [4.78, 5) is 23.2. The second-order valence-electron chi connectivity index (χ2n) is 5.50. The molecule has 1 amide bonds. The highest BCUT2D eigenvalue weighted by atomic mass is 19.1. The molecule has 1 atom stereocenters. The Morgan fingerprint density at radius 1 is 1.38 bits per heavy atom. The van der Waals surface area contributed by atoms with Crippen molar-refractivity contribution in [2.24, 2.45) is 0 Å². The second kappa shape index (κ2) is 6.69. The molecule has 8 heteroatoms. The van der Waals surface area contributed by atoms with Crippen LogP contribution in [0.3, 0.4) is 0 Å². The molecule has 1 aliphatic carbocycles. The maximum Gasteiger partial charge on any atom is 0.346 e. The largest absolute Gasteiger partial charge is 0.478 e. The summed E-state index contributed by atoms with van der Waals surface area (Å²) >= 11 is 0. The van der Waals surface area contributed by atoms with Gasteiger partial charge >= 0.3 is 5.97 Å². The summed E-state index contributed by atoms with van der Waals surface area (Å²) in [5.41, 5.74) is 0.0998. The molecule has 1 fully saturated rings. The number of hydrogen-bond acceptors (Lipinski definition) is 5. The van der Waals surface area contributed by atoms with Crippen LogP contribution in [0.2, 0.25) is 0 Å². The van der Waals surface area contributed by atoms with Gasteiger partial charge in [-0.2, -0.15) is 0 Å². The lowest BCUT2D eigenvalue weighted by atomic mass is 10.2. The molecule has 7 nitrogen and oxygen atoms in total. The Morgan fingerprint density at radius 2 is 2.08 bits per heavy atom. The molecule has 1 unspecified atom stereocenters. The molecule has 1 aliphatic rings. The predicted molar refractivity (Wildman–Crippen MR) is 79.3 cm³/mol. The first-order chi connectivity index (χ1) is 11.5. The van der Waals surface area contributed by atoms with Crippen molar-refractivity contribution in [2.75, 3.05) is 6.54 Å². The van der Waals surface area contributed by atoms with Crippen LogP contribution in [0.1, 0.15) is 35.0 Å². The molecule has 2 aromatic rings. The second-order valence-corrected chi connectivity index (χ2v) is 5.50. The number of carboxylic acid groups (broad SMARTS) is 1. The van der Waals surface area contributed by atoms with Gasteiger partial charge in [0.1, 0.15) is 17.3 Å². The van der Waals surface area contributed by atoms with Gasteiger partial charge in [-0.25, -0.2) is 9.18 Å². The number of rotatable bonds is 7. The first-order valence-corrected chi connectivity index (χ1v) is 7.43. The number of hydrogen-bond donors (Lipinski definition) is 2. The van der Waals surface area contributed by atoms with Crippen LogP contribution < -0.4 is 10.1 Å². The van der Waals surface area contributed by atoms with E-state index in [0.717, 1.165) is 25.0 Å². The van der Waals surface area contributed by atoms with E-state index in [0.29, 0.717) is 11.7 Å².